The van der Waals surface area contributed by atoms with Crippen LogP contribution in [0.3, 0.4) is 0 Å². The Morgan fingerprint density at radius 3 is 1.88 bits per heavy atom. The summed E-state index contributed by atoms with van der Waals surface area (Å²) in [5.41, 5.74) is 2.70. The molecule has 2 rings (SSSR count). The number of nitrogens with one attached hydrogen (secondary N) is 1. The number of hydrogen-bond acceptors (Lipinski definition) is 3. The van der Waals surface area contributed by atoms with E-state index in [2.05, 4.69) is 46.9 Å². The molecule has 1 aliphatic heterocycles. The first-order chi connectivity index (χ1) is 10.8. The summed E-state index contributed by atoms with van der Waals surface area (Å²) in [6.07, 6.45) is 1.82. The molecule has 0 spiro atoms. The molecule has 2 N–H and O–H groups in total. The van der Waals surface area contributed by atoms with Gasteiger partial charge < -0.3 is 10.0 Å². The van der Waals surface area contributed by atoms with Crippen LogP contribution in [0.25, 0.3) is 6.08 Å². The van der Waals surface area contributed by atoms with Crippen molar-refractivity contribution in [2.24, 2.45) is 0 Å². The molecule has 1 heterocycles. The molecule has 1 aromatic carbocycles. The van der Waals surface area contributed by atoms with Crippen LogP contribution in [0.1, 0.15) is 58.2 Å². The third-order valence-corrected chi connectivity index (χ3v) is 4.55. The summed E-state index contributed by atoms with van der Waals surface area (Å²) in [7, 11) is 1.77. The second-order valence-electron chi connectivity index (χ2n) is 8.31. The fourth-order valence-corrected chi connectivity index (χ4v) is 2.90. The van der Waals surface area contributed by atoms with E-state index in [-0.39, 0.29) is 16.7 Å². The van der Waals surface area contributed by atoms with Gasteiger partial charge in [-0.2, -0.15) is 0 Å². The summed E-state index contributed by atoms with van der Waals surface area (Å²) >= 11 is 5.12. The molecule has 1 aliphatic rings. The number of nitrogens with zero attached hydrogens (tertiary/aromatic N) is 1. The first-order valence-electron chi connectivity index (χ1n) is 8.01. The number of phenolic OH excluding ortho intramolecular Hbond substituents is 1. The molecule has 1 saturated heterocycles. The van der Waals surface area contributed by atoms with Crippen molar-refractivity contribution < 1.29 is 9.90 Å². The van der Waals surface area contributed by atoms with Gasteiger partial charge in [0.1, 0.15) is 11.4 Å². The molecule has 0 radical (unpaired) electrons. The van der Waals surface area contributed by atoms with Crippen molar-refractivity contribution in [3.63, 3.8) is 0 Å². The highest BCUT2D eigenvalue weighted by atomic mass is 32.1. The van der Waals surface area contributed by atoms with Gasteiger partial charge in [0.05, 0.1) is 0 Å². The standard InChI is InChI=1S/C19H26N2O2S/c1-18(2,3)12-8-11(9-13(15(12)22)19(4,5)6)10-14-16(23)20-17(24)21(14)7/h8-10,22H,1-7H3,(H,20,23,24)/b14-10-. The lowest BCUT2D eigenvalue weighted by Crippen LogP contribution is -2.23. The van der Waals surface area contributed by atoms with E-state index in [4.69, 9.17) is 12.2 Å². The Hall–Kier alpha value is -1.88. The summed E-state index contributed by atoms with van der Waals surface area (Å²) in [6, 6.07) is 3.89. The minimum absolute atomic E-state index is 0.204. The van der Waals surface area contributed by atoms with Gasteiger partial charge in [0.25, 0.3) is 5.91 Å². The SMILES string of the molecule is CN1C(=S)NC(=O)/C1=C/c1cc(C(C)(C)C)c(O)c(C(C)(C)C)c1. The van der Waals surface area contributed by atoms with E-state index in [0.717, 1.165) is 16.7 Å². The summed E-state index contributed by atoms with van der Waals surface area (Å²) in [4.78, 5) is 13.7. The van der Waals surface area contributed by atoms with Crippen molar-refractivity contribution in [2.45, 2.75) is 52.4 Å². The number of likely N-dealkylation sites (N-methyl/N-ethyl adjacent to an activating group) is 1. The highest BCUT2D eigenvalue weighted by molar-refractivity contribution is 7.80. The van der Waals surface area contributed by atoms with Crippen LogP contribution in [0.2, 0.25) is 0 Å². The van der Waals surface area contributed by atoms with Crippen LogP contribution >= 0.6 is 12.2 Å². The predicted octanol–water partition coefficient (Wildman–Crippen LogP) is 3.67. The largest absolute Gasteiger partial charge is 0.507 e. The number of amides is 1. The highest BCUT2D eigenvalue weighted by Crippen LogP contribution is 2.40. The summed E-state index contributed by atoms with van der Waals surface area (Å²) in [6.45, 7) is 12.4. The van der Waals surface area contributed by atoms with Gasteiger partial charge >= 0.3 is 0 Å². The molecule has 24 heavy (non-hydrogen) atoms. The molecule has 1 aromatic rings. The minimum Gasteiger partial charge on any atom is -0.507 e. The number of aromatic hydroxyl groups is 1. The Labute approximate surface area is 149 Å². The number of phenols is 1. The van der Waals surface area contributed by atoms with Gasteiger partial charge in [-0.05, 0) is 46.8 Å². The zero-order chi connectivity index (χ0) is 18.4. The van der Waals surface area contributed by atoms with Gasteiger partial charge in [-0.3, -0.25) is 10.1 Å². The molecular formula is C19H26N2O2S. The Morgan fingerprint density at radius 1 is 1.08 bits per heavy atom. The topological polar surface area (TPSA) is 52.6 Å². The van der Waals surface area contributed by atoms with E-state index in [1.165, 1.54) is 0 Å². The maximum Gasteiger partial charge on any atom is 0.274 e. The van der Waals surface area contributed by atoms with Crippen LogP contribution in [0.4, 0.5) is 0 Å². The normalized spacial score (nSPS) is 17.6. The third-order valence-electron chi connectivity index (χ3n) is 4.17. The van der Waals surface area contributed by atoms with Crippen molar-refractivity contribution in [2.75, 3.05) is 7.05 Å². The molecule has 5 heteroatoms. The van der Waals surface area contributed by atoms with E-state index in [9.17, 15) is 9.90 Å². The maximum atomic E-state index is 12.1. The molecule has 0 aliphatic carbocycles. The van der Waals surface area contributed by atoms with Gasteiger partial charge in [-0.15, -0.1) is 0 Å². The fourth-order valence-electron chi connectivity index (χ4n) is 2.71. The third kappa shape index (κ3) is 3.46. The predicted molar refractivity (Wildman–Crippen MR) is 102 cm³/mol. The molecule has 1 amide bonds. The van der Waals surface area contributed by atoms with Crippen molar-refractivity contribution in [3.8, 4) is 5.75 Å². The average molecular weight is 346 g/mol. The number of rotatable bonds is 1. The van der Waals surface area contributed by atoms with Crippen LogP contribution in [0.5, 0.6) is 5.75 Å². The summed E-state index contributed by atoms with van der Waals surface area (Å²) < 4.78 is 0. The van der Waals surface area contributed by atoms with E-state index in [1.54, 1.807) is 11.9 Å². The molecule has 0 bridgehead atoms. The molecule has 4 nitrogen and oxygen atoms in total. The molecule has 0 saturated carbocycles. The van der Waals surface area contributed by atoms with Crippen molar-refractivity contribution >= 4 is 29.3 Å². The quantitative estimate of drug-likeness (QED) is 0.602. The van der Waals surface area contributed by atoms with E-state index >= 15 is 0 Å². The number of carbonyl (C=O) groups excluding carboxylic acids is 1. The molecule has 0 atom stereocenters. The lowest BCUT2D eigenvalue weighted by atomic mass is 9.78. The fraction of sp³-hybridized carbons (Fsp3) is 0.474. The molecule has 0 aromatic heterocycles. The van der Waals surface area contributed by atoms with E-state index in [0.29, 0.717) is 16.6 Å². The van der Waals surface area contributed by atoms with Crippen LogP contribution in [0.15, 0.2) is 17.8 Å². The van der Waals surface area contributed by atoms with Crippen molar-refractivity contribution in [3.05, 3.63) is 34.5 Å². The average Bonchev–Trinajstić information content (AvgIpc) is 2.64. The van der Waals surface area contributed by atoms with Crippen molar-refractivity contribution in [1.82, 2.24) is 10.2 Å². The van der Waals surface area contributed by atoms with Crippen LogP contribution in [-0.4, -0.2) is 28.1 Å². The number of thiocarbonyl (C=S) groups is 1. The molecule has 1 fully saturated rings. The van der Waals surface area contributed by atoms with Crippen LogP contribution in [-0.2, 0) is 15.6 Å². The maximum absolute atomic E-state index is 12.1. The minimum atomic E-state index is -0.211. The number of carbonyl (C=O) groups is 1. The summed E-state index contributed by atoms with van der Waals surface area (Å²) in [5.74, 6) is 0.127. The first-order valence-corrected chi connectivity index (χ1v) is 8.42. The smallest absolute Gasteiger partial charge is 0.274 e. The Morgan fingerprint density at radius 2 is 1.54 bits per heavy atom. The zero-order valence-electron chi connectivity index (χ0n) is 15.4. The van der Waals surface area contributed by atoms with Crippen LogP contribution < -0.4 is 5.32 Å². The van der Waals surface area contributed by atoms with Gasteiger partial charge in [-0.25, -0.2) is 0 Å². The Balaban J connectivity index is 2.68. The highest BCUT2D eigenvalue weighted by Gasteiger charge is 2.29. The lowest BCUT2D eigenvalue weighted by molar-refractivity contribution is -0.115. The molecule has 0 unspecified atom stereocenters. The Kier molecular flexibility index (Phi) is 4.53. The number of benzene rings is 1. The monoisotopic (exact) mass is 346 g/mol. The Bertz CT molecular complexity index is 702. The number of hydrogen-bond donors (Lipinski definition) is 2. The van der Waals surface area contributed by atoms with E-state index < -0.39 is 0 Å². The zero-order valence-corrected chi connectivity index (χ0v) is 16.3. The van der Waals surface area contributed by atoms with Gasteiger partial charge in [0.2, 0.25) is 0 Å². The summed E-state index contributed by atoms with van der Waals surface area (Å²) in [5, 5.41) is 13.8. The van der Waals surface area contributed by atoms with Crippen molar-refractivity contribution in [1.29, 1.82) is 0 Å². The van der Waals surface area contributed by atoms with Gasteiger partial charge in [0.15, 0.2) is 5.11 Å². The molecular weight excluding hydrogens is 320 g/mol. The van der Waals surface area contributed by atoms with Crippen LogP contribution in [0, 0.1) is 0 Å². The van der Waals surface area contributed by atoms with Gasteiger partial charge in [-0.1, -0.05) is 41.5 Å². The second kappa shape index (κ2) is 5.88. The van der Waals surface area contributed by atoms with E-state index in [1.807, 2.05) is 18.2 Å². The van der Waals surface area contributed by atoms with Gasteiger partial charge in [0, 0.05) is 18.2 Å². The first kappa shape index (κ1) is 18.5. The second-order valence-corrected chi connectivity index (χ2v) is 8.70. The molecule has 130 valence electrons. The lowest BCUT2D eigenvalue weighted by Gasteiger charge is -2.28.